The molecule has 1 aliphatic rings. The minimum Gasteiger partial charge on any atom is -0.349 e. The van der Waals surface area contributed by atoms with Crippen molar-refractivity contribution in [2.75, 3.05) is 4.72 Å². The van der Waals surface area contributed by atoms with Gasteiger partial charge in [0.05, 0.1) is 15.5 Å². The first-order valence-electron chi connectivity index (χ1n) is 7.87. The molecule has 1 amide bonds. The Hall–Kier alpha value is -2.26. The average Bonchev–Trinajstić information content (AvgIpc) is 3.38. The summed E-state index contributed by atoms with van der Waals surface area (Å²) in [6.45, 7) is 0. The van der Waals surface area contributed by atoms with Crippen molar-refractivity contribution < 1.29 is 26.4 Å². The fourth-order valence-corrected chi connectivity index (χ4v) is 3.60. The largest absolute Gasteiger partial charge is 0.417 e. The zero-order chi connectivity index (χ0) is 19.8. The van der Waals surface area contributed by atoms with Crippen LogP contribution in [0.3, 0.4) is 0 Å². The minimum absolute atomic E-state index is 0.112. The summed E-state index contributed by atoms with van der Waals surface area (Å²) in [5.74, 6) is -0.264. The molecule has 10 heteroatoms. The molecule has 0 aliphatic heterocycles. The highest BCUT2D eigenvalue weighted by atomic mass is 35.5. The van der Waals surface area contributed by atoms with E-state index in [2.05, 4.69) is 10.0 Å². The van der Waals surface area contributed by atoms with Crippen LogP contribution in [-0.4, -0.2) is 20.4 Å². The molecule has 1 saturated carbocycles. The van der Waals surface area contributed by atoms with E-state index in [1.165, 1.54) is 24.3 Å². The van der Waals surface area contributed by atoms with Gasteiger partial charge < -0.3 is 5.32 Å². The van der Waals surface area contributed by atoms with Gasteiger partial charge in [0.15, 0.2) is 0 Å². The van der Waals surface area contributed by atoms with Crippen molar-refractivity contribution in [2.45, 2.75) is 30.0 Å². The summed E-state index contributed by atoms with van der Waals surface area (Å²) in [5, 5.41) is 2.20. The Bertz CT molecular complexity index is 972. The molecule has 2 aromatic rings. The fraction of sp³-hybridized carbons (Fsp3) is 0.235. The van der Waals surface area contributed by atoms with E-state index in [9.17, 15) is 26.4 Å². The van der Waals surface area contributed by atoms with Crippen LogP contribution in [0.4, 0.5) is 18.9 Å². The van der Waals surface area contributed by atoms with Gasteiger partial charge in [0.25, 0.3) is 15.9 Å². The number of anilines is 1. The summed E-state index contributed by atoms with van der Waals surface area (Å²) < 4.78 is 65.7. The van der Waals surface area contributed by atoms with Crippen molar-refractivity contribution in [1.29, 1.82) is 0 Å². The molecular weight excluding hydrogens is 405 g/mol. The number of alkyl halides is 3. The molecule has 3 rings (SSSR count). The van der Waals surface area contributed by atoms with Crippen LogP contribution in [0.15, 0.2) is 47.4 Å². The third-order valence-corrected chi connectivity index (χ3v) is 5.57. The normalized spacial score (nSPS) is 14.7. The molecule has 0 heterocycles. The molecule has 0 bridgehead atoms. The van der Waals surface area contributed by atoms with E-state index in [4.69, 9.17) is 11.6 Å². The van der Waals surface area contributed by atoms with Gasteiger partial charge in [0, 0.05) is 17.3 Å². The second kappa shape index (κ2) is 7.05. The van der Waals surface area contributed by atoms with Gasteiger partial charge in [-0.15, -0.1) is 0 Å². The van der Waals surface area contributed by atoms with Crippen molar-refractivity contribution in [1.82, 2.24) is 5.32 Å². The SMILES string of the molecule is O=C(NC1CC1)c1ccc(NS(=O)(=O)c2ccc(Cl)c(C(F)(F)F)c2)cc1. The van der Waals surface area contributed by atoms with Crippen molar-refractivity contribution in [3.05, 3.63) is 58.6 Å². The number of carbonyl (C=O) groups excluding carboxylic acids is 1. The predicted octanol–water partition coefficient (Wildman–Crippen LogP) is 4.05. The summed E-state index contributed by atoms with van der Waals surface area (Å²) in [4.78, 5) is 11.3. The molecule has 0 aromatic heterocycles. The van der Waals surface area contributed by atoms with Crippen LogP contribution in [0.5, 0.6) is 0 Å². The lowest BCUT2D eigenvalue weighted by Gasteiger charge is -2.13. The van der Waals surface area contributed by atoms with Gasteiger partial charge in [-0.05, 0) is 55.3 Å². The number of halogens is 4. The Kier molecular flexibility index (Phi) is 5.09. The van der Waals surface area contributed by atoms with Gasteiger partial charge in [0.2, 0.25) is 0 Å². The zero-order valence-corrected chi connectivity index (χ0v) is 15.3. The fourth-order valence-electron chi connectivity index (χ4n) is 2.29. The van der Waals surface area contributed by atoms with Gasteiger partial charge in [-0.25, -0.2) is 8.42 Å². The number of amides is 1. The number of benzene rings is 2. The second-order valence-corrected chi connectivity index (χ2v) is 8.16. The number of hydrogen-bond acceptors (Lipinski definition) is 3. The average molecular weight is 419 g/mol. The lowest BCUT2D eigenvalue weighted by molar-refractivity contribution is -0.137. The molecule has 0 saturated heterocycles. The van der Waals surface area contributed by atoms with Crippen LogP contribution >= 0.6 is 11.6 Å². The topological polar surface area (TPSA) is 75.3 Å². The van der Waals surface area contributed by atoms with Crippen LogP contribution in [0.1, 0.15) is 28.8 Å². The standard InChI is InChI=1S/C17H14ClF3N2O3S/c18-15-8-7-13(9-14(15)17(19,20)21)27(25,26)23-12-3-1-10(2-4-12)16(24)22-11-5-6-11/h1-4,7-9,11,23H,5-6H2,(H,22,24). The smallest absolute Gasteiger partial charge is 0.349 e. The van der Waals surface area contributed by atoms with Crippen molar-refractivity contribution in [3.63, 3.8) is 0 Å². The highest BCUT2D eigenvalue weighted by molar-refractivity contribution is 7.92. The Labute approximate surface area is 158 Å². The Morgan fingerprint density at radius 3 is 2.26 bits per heavy atom. The minimum atomic E-state index is -4.78. The molecular formula is C17H14ClF3N2O3S. The monoisotopic (exact) mass is 418 g/mol. The van der Waals surface area contributed by atoms with E-state index in [-0.39, 0.29) is 17.6 Å². The first-order valence-corrected chi connectivity index (χ1v) is 9.73. The molecule has 144 valence electrons. The molecule has 27 heavy (non-hydrogen) atoms. The van der Waals surface area contributed by atoms with Crippen molar-refractivity contribution >= 4 is 33.2 Å². The Balaban J connectivity index is 1.79. The number of hydrogen-bond donors (Lipinski definition) is 2. The van der Waals surface area contributed by atoms with Crippen molar-refractivity contribution in [2.24, 2.45) is 0 Å². The van der Waals surface area contributed by atoms with Crippen LogP contribution in [0.25, 0.3) is 0 Å². The summed E-state index contributed by atoms with van der Waals surface area (Å²) in [6.07, 6.45) is -2.91. The van der Waals surface area contributed by atoms with Crippen LogP contribution in [0.2, 0.25) is 5.02 Å². The lowest BCUT2D eigenvalue weighted by atomic mass is 10.2. The van der Waals surface area contributed by atoms with E-state index in [1.54, 1.807) is 0 Å². The van der Waals surface area contributed by atoms with Gasteiger partial charge >= 0.3 is 6.18 Å². The van der Waals surface area contributed by atoms with Crippen molar-refractivity contribution in [3.8, 4) is 0 Å². The summed E-state index contributed by atoms with van der Waals surface area (Å²) >= 11 is 5.51. The van der Waals surface area contributed by atoms with Gasteiger partial charge in [-0.1, -0.05) is 11.6 Å². The first kappa shape index (κ1) is 19.5. The molecule has 1 aliphatic carbocycles. The maximum absolute atomic E-state index is 12.9. The molecule has 0 unspecified atom stereocenters. The van der Waals surface area contributed by atoms with Crippen LogP contribution < -0.4 is 10.0 Å². The van der Waals surface area contributed by atoms with Gasteiger partial charge in [-0.3, -0.25) is 9.52 Å². The summed E-state index contributed by atoms with van der Waals surface area (Å²) in [7, 11) is -4.26. The Morgan fingerprint density at radius 2 is 1.70 bits per heavy atom. The summed E-state index contributed by atoms with van der Waals surface area (Å²) in [6, 6.07) is 8.10. The molecule has 0 spiro atoms. The van der Waals surface area contributed by atoms with Crippen LogP contribution in [0, 0.1) is 0 Å². The van der Waals surface area contributed by atoms with E-state index in [0.717, 1.165) is 25.0 Å². The molecule has 2 N–H and O–H groups in total. The Morgan fingerprint density at radius 1 is 1.07 bits per heavy atom. The number of nitrogens with one attached hydrogen (secondary N) is 2. The van der Waals surface area contributed by atoms with Gasteiger partial charge in [-0.2, -0.15) is 13.2 Å². The molecule has 0 atom stereocenters. The third kappa shape index (κ3) is 4.72. The maximum Gasteiger partial charge on any atom is 0.417 e. The maximum atomic E-state index is 12.9. The van der Waals surface area contributed by atoms with Crippen LogP contribution in [-0.2, 0) is 16.2 Å². The molecule has 1 fully saturated rings. The van der Waals surface area contributed by atoms with E-state index >= 15 is 0 Å². The lowest BCUT2D eigenvalue weighted by Crippen LogP contribution is -2.25. The highest BCUT2D eigenvalue weighted by Crippen LogP contribution is 2.36. The third-order valence-electron chi connectivity index (χ3n) is 3.87. The van der Waals surface area contributed by atoms with E-state index in [1.807, 2.05) is 0 Å². The highest BCUT2D eigenvalue weighted by Gasteiger charge is 2.34. The van der Waals surface area contributed by atoms with E-state index < -0.39 is 31.7 Å². The quantitative estimate of drug-likeness (QED) is 0.769. The molecule has 0 radical (unpaired) electrons. The second-order valence-electron chi connectivity index (χ2n) is 6.07. The number of carbonyl (C=O) groups is 1. The first-order chi connectivity index (χ1) is 12.6. The molecule has 2 aromatic carbocycles. The van der Waals surface area contributed by atoms with Gasteiger partial charge in [0.1, 0.15) is 0 Å². The number of sulfonamides is 1. The van der Waals surface area contributed by atoms with E-state index in [0.29, 0.717) is 11.6 Å². The number of rotatable bonds is 5. The predicted molar refractivity (Wildman–Crippen MR) is 94.2 cm³/mol. The molecule has 5 nitrogen and oxygen atoms in total. The zero-order valence-electron chi connectivity index (χ0n) is 13.7. The summed E-state index contributed by atoms with van der Waals surface area (Å²) in [5.41, 5.74) is -0.767.